The lowest BCUT2D eigenvalue weighted by Crippen LogP contribution is -3.00. The molecule has 1 aromatic carbocycles. The van der Waals surface area contributed by atoms with Crippen LogP contribution in [0.15, 0.2) is 23.1 Å². The maximum absolute atomic E-state index is 10.7. The predicted octanol–water partition coefficient (Wildman–Crippen LogP) is -0.974. The number of diazo groups is 1. The van der Waals surface area contributed by atoms with Crippen LogP contribution in [-0.2, 0) is 10.1 Å². The van der Waals surface area contributed by atoms with E-state index in [1.54, 1.807) is 22.6 Å². The molecule has 0 unspecified atom stereocenters. The van der Waals surface area contributed by atoms with Crippen LogP contribution in [0.5, 0.6) is 0 Å². The van der Waals surface area contributed by atoms with Gasteiger partial charge in [-0.1, -0.05) is 0 Å². The smallest absolute Gasteiger partial charge is 0.386 e. The second-order valence-electron chi connectivity index (χ2n) is 2.19. The second kappa shape index (κ2) is 5.01. The molecule has 1 aromatic rings. The fourth-order valence-corrected chi connectivity index (χ4v) is 2.51. The Kier molecular flexibility index (Phi) is 4.93. The molecule has 8 heteroatoms. The molecule has 0 bridgehead atoms. The third-order valence-corrected chi connectivity index (χ3v) is 3.51. The summed E-state index contributed by atoms with van der Waals surface area (Å²) in [7, 11) is -4.24. The van der Waals surface area contributed by atoms with Crippen molar-refractivity contribution in [2.75, 3.05) is 0 Å². The minimum absolute atomic E-state index is 0. The maximum Gasteiger partial charge on any atom is 0.386 e. The highest BCUT2D eigenvalue weighted by molar-refractivity contribution is 14.1. The lowest BCUT2D eigenvalue weighted by molar-refractivity contribution is -0.00000687. The van der Waals surface area contributed by atoms with Crippen LogP contribution in [0.25, 0.3) is 4.98 Å². The SMILES string of the molecule is N#[N+]c1ccc(I)c(S(=O)(=O)O)c1.[Br-]. The third kappa shape index (κ3) is 3.16. The van der Waals surface area contributed by atoms with Gasteiger partial charge in [0.15, 0.2) is 4.98 Å². The zero-order valence-corrected chi connectivity index (χ0v) is 11.1. The number of nitrogens with zero attached hydrogens (tertiary/aromatic N) is 2. The molecule has 0 spiro atoms. The van der Waals surface area contributed by atoms with Gasteiger partial charge in [0.1, 0.15) is 4.90 Å². The number of hydrogen-bond acceptors (Lipinski definition) is 3. The van der Waals surface area contributed by atoms with E-state index in [0.29, 0.717) is 3.57 Å². The van der Waals surface area contributed by atoms with E-state index in [4.69, 9.17) is 9.95 Å². The Balaban J connectivity index is 0.00000169. The van der Waals surface area contributed by atoms with Crippen molar-refractivity contribution in [3.8, 4) is 0 Å². The molecule has 0 aliphatic heterocycles. The maximum atomic E-state index is 10.7. The van der Waals surface area contributed by atoms with Crippen LogP contribution in [-0.4, -0.2) is 13.0 Å². The molecular weight excluding hydrogens is 387 g/mol. The third-order valence-electron chi connectivity index (χ3n) is 1.31. The van der Waals surface area contributed by atoms with Gasteiger partial charge in [-0.15, -0.1) is 0 Å². The molecule has 0 saturated carbocycles. The van der Waals surface area contributed by atoms with Crippen molar-refractivity contribution in [3.05, 3.63) is 26.7 Å². The van der Waals surface area contributed by atoms with Crippen molar-refractivity contribution in [1.82, 2.24) is 0 Å². The lowest BCUT2D eigenvalue weighted by atomic mass is 10.3. The summed E-state index contributed by atoms with van der Waals surface area (Å²) in [6, 6.07) is 3.94. The highest BCUT2D eigenvalue weighted by Gasteiger charge is 2.18. The van der Waals surface area contributed by atoms with Crippen molar-refractivity contribution >= 4 is 38.4 Å². The van der Waals surface area contributed by atoms with Gasteiger partial charge in [0, 0.05) is 9.64 Å². The van der Waals surface area contributed by atoms with Crippen molar-refractivity contribution in [1.29, 1.82) is 5.39 Å². The molecule has 0 amide bonds. The molecule has 0 atom stereocenters. The summed E-state index contributed by atoms with van der Waals surface area (Å²) in [6.07, 6.45) is 0. The lowest BCUT2D eigenvalue weighted by Gasteiger charge is -1.96. The Labute approximate surface area is 105 Å². The molecule has 1 rings (SSSR count). The van der Waals surface area contributed by atoms with Gasteiger partial charge in [0.2, 0.25) is 5.39 Å². The Morgan fingerprint density at radius 2 is 2.00 bits per heavy atom. The summed E-state index contributed by atoms with van der Waals surface area (Å²) >= 11 is 1.76. The zero-order valence-electron chi connectivity index (χ0n) is 6.55. The van der Waals surface area contributed by atoms with E-state index in [-0.39, 0.29) is 27.6 Å². The fraction of sp³-hybridized carbons (Fsp3) is 0. The standard InChI is InChI=1S/C6H3IN2O3S.BrH/c7-5-2-1-4(9-8)3-6(5)13(10,11)12;/h1-3H;1H. The average Bonchev–Trinajstić information content (AvgIpc) is 2.03. The van der Waals surface area contributed by atoms with Crippen molar-refractivity contribution in [2.45, 2.75) is 4.90 Å². The van der Waals surface area contributed by atoms with Gasteiger partial charge in [-0.3, -0.25) is 4.55 Å². The van der Waals surface area contributed by atoms with Gasteiger partial charge in [0.25, 0.3) is 10.1 Å². The molecular formula is C6H4BrIN2O3S. The molecule has 0 aromatic heterocycles. The Morgan fingerprint density at radius 1 is 1.43 bits per heavy atom. The second-order valence-corrected chi connectivity index (χ2v) is 4.74. The van der Waals surface area contributed by atoms with Crippen LogP contribution in [0, 0.1) is 8.96 Å². The average molecular weight is 391 g/mol. The molecule has 0 fully saturated rings. The molecule has 5 nitrogen and oxygen atoms in total. The van der Waals surface area contributed by atoms with Crippen molar-refractivity contribution in [2.24, 2.45) is 0 Å². The van der Waals surface area contributed by atoms with Crippen LogP contribution < -0.4 is 17.0 Å². The number of hydrogen-bond donors (Lipinski definition) is 1. The highest BCUT2D eigenvalue weighted by atomic mass is 127. The molecule has 14 heavy (non-hydrogen) atoms. The first-order chi connectivity index (χ1) is 5.95. The zero-order chi connectivity index (χ0) is 10.1. The number of rotatable bonds is 1. The Hall–Kier alpha value is -0.240. The number of halogens is 2. The summed E-state index contributed by atoms with van der Waals surface area (Å²) in [4.78, 5) is 2.55. The van der Waals surface area contributed by atoms with Crippen LogP contribution in [0.4, 0.5) is 5.69 Å². The van der Waals surface area contributed by atoms with E-state index >= 15 is 0 Å². The van der Waals surface area contributed by atoms with E-state index in [1.807, 2.05) is 0 Å². The fourth-order valence-electron chi connectivity index (χ4n) is 0.752. The van der Waals surface area contributed by atoms with Crippen LogP contribution in [0.3, 0.4) is 0 Å². The molecule has 0 aliphatic carbocycles. The van der Waals surface area contributed by atoms with Gasteiger partial charge in [-0.25, -0.2) is 0 Å². The molecule has 76 valence electrons. The molecule has 1 N–H and O–H groups in total. The topological polar surface area (TPSA) is 82.5 Å². The van der Waals surface area contributed by atoms with Crippen molar-refractivity contribution < 1.29 is 30.0 Å². The minimum atomic E-state index is -4.24. The van der Waals surface area contributed by atoms with Crippen LogP contribution >= 0.6 is 22.6 Å². The van der Waals surface area contributed by atoms with E-state index < -0.39 is 10.1 Å². The van der Waals surface area contributed by atoms with Gasteiger partial charge in [0.05, 0.1) is 6.07 Å². The van der Waals surface area contributed by atoms with Gasteiger partial charge in [-0.05, 0) is 28.7 Å². The summed E-state index contributed by atoms with van der Waals surface area (Å²) in [5, 5.41) is 8.36. The van der Waals surface area contributed by atoms with E-state index in [1.165, 1.54) is 12.1 Å². The van der Waals surface area contributed by atoms with Crippen LogP contribution in [0.1, 0.15) is 0 Å². The molecule has 0 saturated heterocycles. The van der Waals surface area contributed by atoms with Gasteiger partial charge in [-0.2, -0.15) is 8.42 Å². The van der Waals surface area contributed by atoms with Crippen molar-refractivity contribution in [3.63, 3.8) is 0 Å². The Morgan fingerprint density at radius 3 is 2.43 bits per heavy atom. The monoisotopic (exact) mass is 390 g/mol. The molecule has 0 heterocycles. The molecule has 0 aliphatic rings. The summed E-state index contributed by atoms with van der Waals surface area (Å²) in [6.45, 7) is 0. The summed E-state index contributed by atoms with van der Waals surface area (Å²) < 4.78 is 30.6. The van der Waals surface area contributed by atoms with E-state index in [0.717, 1.165) is 6.07 Å². The summed E-state index contributed by atoms with van der Waals surface area (Å²) in [5.74, 6) is 0. The predicted molar refractivity (Wildman–Crippen MR) is 53.7 cm³/mol. The number of benzene rings is 1. The normalized spacial score (nSPS) is 10.1. The first-order valence-electron chi connectivity index (χ1n) is 3.07. The molecule has 0 radical (unpaired) electrons. The largest absolute Gasteiger partial charge is 1.00 e. The first-order valence-corrected chi connectivity index (χ1v) is 5.59. The quantitative estimate of drug-likeness (QED) is 0.380. The van der Waals surface area contributed by atoms with E-state index in [2.05, 4.69) is 4.98 Å². The van der Waals surface area contributed by atoms with Gasteiger partial charge >= 0.3 is 5.69 Å². The minimum Gasteiger partial charge on any atom is -1.00 e. The van der Waals surface area contributed by atoms with Crippen LogP contribution in [0.2, 0.25) is 0 Å². The summed E-state index contributed by atoms with van der Waals surface area (Å²) in [5.41, 5.74) is 0.0769. The van der Waals surface area contributed by atoms with Gasteiger partial charge < -0.3 is 17.0 Å². The first kappa shape index (κ1) is 13.8. The Bertz CT molecular complexity index is 482. The highest BCUT2D eigenvalue weighted by Crippen LogP contribution is 2.23. The van der Waals surface area contributed by atoms with E-state index in [9.17, 15) is 8.42 Å².